The second-order valence-corrected chi connectivity index (χ2v) is 4.96. The van der Waals surface area contributed by atoms with Gasteiger partial charge in [0.1, 0.15) is 12.1 Å². The summed E-state index contributed by atoms with van der Waals surface area (Å²) in [5.74, 6) is 0.820. The van der Waals surface area contributed by atoms with E-state index < -0.39 is 0 Å². The van der Waals surface area contributed by atoms with Crippen LogP contribution in [-0.2, 0) is 0 Å². The molecule has 0 saturated heterocycles. The molecule has 1 heterocycles. The molecule has 0 saturated carbocycles. The smallest absolute Gasteiger partial charge is 0.118 e. The topological polar surface area (TPSA) is 35.0 Å². The molecular weight excluding hydrogens is 284 g/mol. The van der Waals surface area contributed by atoms with Crippen LogP contribution in [0, 0.1) is 0 Å². The van der Waals surface area contributed by atoms with E-state index in [0.717, 1.165) is 28.1 Å². The average Bonchev–Trinajstić information content (AvgIpc) is 2.56. The summed E-state index contributed by atoms with van der Waals surface area (Å²) in [5.41, 5.74) is 3.91. The Kier molecular flexibility index (Phi) is 3.84. The number of halogens is 1. The van der Waals surface area contributed by atoms with Crippen LogP contribution in [0.1, 0.15) is 0 Å². The van der Waals surface area contributed by atoms with E-state index in [1.54, 1.807) is 13.4 Å². The van der Waals surface area contributed by atoms with Gasteiger partial charge in [0.25, 0.3) is 0 Å². The van der Waals surface area contributed by atoms with Crippen LogP contribution in [0.3, 0.4) is 0 Å². The average molecular weight is 297 g/mol. The number of aromatic nitrogens is 2. The highest BCUT2D eigenvalue weighted by Gasteiger charge is 2.09. The molecule has 104 valence electrons. The van der Waals surface area contributed by atoms with Crippen molar-refractivity contribution in [2.75, 3.05) is 7.11 Å². The maximum absolute atomic E-state index is 5.94. The van der Waals surface area contributed by atoms with Crippen LogP contribution >= 0.6 is 11.6 Å². The lowest BCUT2D eigenvalue weighted by molar-refractivity contribution is 0.415. The molecular formula is C17H13ClN2O. The molecule has 0 aliphatic carbocycles. The first-order chi connectivity index (χ1) is 10.3. The Hall–Kier alpha value is -2.39. The number of nitrogens with zero attached hydrogens (tertiary/aromatic N) is 2. The summed E-state index contributed by atoms with van der Waals surface area (Å²) < 4.78 is 5.19. The fourth-order valence-electron chi connectivity index (χ4n) is 2.15. The van der Waals surface area contributed by atoms with Gasteiger partial charge in [0.15, 0.2) is 0 Å². The molecule has 4 heteroatoms. The summed E-state index contributed by atoms with van der Waals surface area (Å²) in [7, 11) is 1.65. The Morgan fingerprint density at radius 1 is 0.905 bits per heavy atom. The third-order valence-electron chi connectivity index (χ3n) is 3.23. The molecule has 2 aromatic carbocycles. The zero-order valence-electron chi connectivity index (χ0n) is 11.5. The van der Waals surface area contributed by atoms with Crippen LogP contribution < -0.4 is 4.74 Å². The molecule has 3 aromatic rings. The number of rotatable bonds is 3. The molecule has 0 N–H and O–H groups in total. The number of methoxy groups -OCH3 is 1. The van der Waals surface area contributed by atoms with Gasteiger partial charge in [-0.2, -0.15) is 0 Å². The molecule has 0 spiro atoms. The van der Waals surface area contributed by atoms with Gasteiger partial charge in [-0.1, -0.05) is 23.7 Å². The Balaban J connectivity index is 2.08. The normalized spacial score (nSPS) is 10.4. The number of ether oxygens (including phenoxy) is 1. The number of hydrogen-bond acceptors (Lipinski definition) is 3. The second kappa shape index (κ2) is 5.94. The fourth-order valence-corrected chi connectivity index (χ4v) is 2.28. The third kappa shape index (κ3) is 2.88. The van der Waals surface area contributed by atoms with Gasteiger partial charge in [-0.05, 0) is 42.0 Å². The van der Waals surface area contributed by atoms with Crippen molar-refractivity contribution in [2.45, 2.75) is 0 Å². The lowest BCUT2D eigenvalue weighted by Crippen LogP contribution is -1.91. The molecule has 0 unspecified atom stereocenters. The van der Waals surface area contributed by atoms with E-state index in [-0.39, 0.29) is 0 Å². The van der Waals surface area contributed by atoms with E-state index in [4.69, 9.17) is 16.3 Å². The predicted molar refractivity (Wildman–Crippen MR) is 84.5 cm³/mol. The molecule has 0 atom stereocenters. The molecule has 0 fully saturated rings. The Labute approximate surface area is 128 Å². The fraction of sp³-hybridized carbons (Fsp3) is 0.0588. The molecule has 0 aliphatic heterocycles. The Morgan fingerprint density at radius 3 is 2.24 bits per heavy atom. The van der Waals surface area contributed by atoms with Crippen LogP contribution in [0.4, 0.5) is 0 Å². The van der Waals surface area contributed by atoms with Crippen LogP contribution in [0.15, 0.2) is 61.1 Å². The van der Waals surface area contributed by atoms with E-state index in [9.17, 15) is 0 Å². The van der Waals surface area contributed by atoms with Gasteiger partial charge in [-0.3, -0.25) is 0 Å². The largest absolute Gasteiger partial charge is 0.497 e. The predicted octanol–water partition coefficient (Wildman–Crippen LogP) is 4.47. The highest BCUT2D eigenvalue weighted by Crippen LogP contribution is 2.31. The summed E-state index contributed by atoms with van der Waals surface area (Å²) >= 11 is 5.94. The summed E-state index contributed by atoms with van der Waals surface area (Å²) in [6, 6.07) is 15.5. The van der Waals surface area contributed by atoms with Crippen LogP contribution in [0.5, 0.6) is 5.75 Å². The maximum atomic E-state index is 5.94. The summed E-state index contributed by atoms with van der Waals surface area (Å²) in [6.07, 6.45) is 3.37. The minimum atomic E-state index is 0.710. The SMILES string of the molecule is COc1ccc(-c2ncncc2-c2ccc(Cl)cc2)cc1. The number of hydrogen-bond donors (Lipinski definition) is 0. The summed E-state index contributed by atoms with van der Waals surface area (Å²) in [6.45, 7) is 0. The minimum Gasteiger partial charge on any atom is -0.497 e. The molecule has 1 aromatic heterocycles. The lowest BCUT2D eigenvalue weighted by atomic mass is 10.0. The van der Waals surface area contributed by atoms with Crippen molar-refractivity contribution in [2.24, 2.45) is 0 Å². The first-order valence-corrected chi connectivity index (χ1v) is 6.86. The maximum Gasteiger partial charge on any atom is 0.118 e. The Bertz CT molecular complexity index is 739. The van der Waals surface area contributed by atoms with E-state index in [0.29, 0.717) is 5.02 Å². The van der Waals surface area contributed by atoms with Crippen molar-refractivity contribution >= 4 is 11.6 Å². The quantitative estimate of drug-likeness (QED) is 0.715. The second-order valence-electron chi connectivity index (χ2n) is 4.52. The molecule has 3 rings (SSSR count). The van der Waals surface area contributed by atoms with Gasteiger partial charge >= 0.3 is 0 Å². The third-order valence-corrected chi connectivity index (χ3v) is 3.48. The standard InChI is InChI=1S/C17H13ClN2O/c1-21-15-8-4-13(5-9-15)17-16(10-19-11-20-17)12-2-6-14(18)7-3-12/h2-11H,1H3. The van der Waals surface area contributed by atoms with E-state index >= 15 is 0 Å². The van der Waals surface area contributed by atoms with Gasteiger partial charge in [0, 0.05) is 22.3 Å². The minimum absolute atomic E-state index is 0.710. The highest BCUT2D eigenvalue weighted by molar-refractivity contribution is 6.30. The summed E-state index contributed by atoms with van der Waals surface area (Å²) in [5, 5.41) is 0.710. The molecule has 0 bridgehead atoms. The molecule has 3 nitrogen and oxygen atoms in total. The van der Waals surface area contributed by atoms with Gasteiger partial charge in [0.05, 0.1) is 12.8 Å². The van der Waals surface area contributed by atoms with Crippen molar-refractivity contribution in [1.29, 1.82) is 0 Å². The van der Waals surface area contributed by atoms with Crippen LogP contribution in [-0.4, -0.2) is 17.1 Å². The Morgan fingerprint density at radius 2 is 1.57 bits per heavy atom. The zero-order chi connectivity index (χ0) is 14.7. The zero-order valence-corrected chi connectivity index (χ0v) is 12.2. The molecule has 0 amide bonds. The van der Waals surface area contributed by atoms with Crippen LogP contribution in [0.2, 0.25) is 5.02 Å². The van der Waals surface area contributed by atoms with E-state index in [1.165, 1.54) is 0 Å². The molecule has 0 radical (unpaired) electrons. The molecule has 0 aliphatic rings. The van der Waals surface area contributed by atoms with Gasteiger partial charge in [-0.15, -0.1) is 0 Å². The van der Waals surface area contributed by atoms with E-state index in [2.05, 4.69) is 9.97 Å². The van der Waals surface area contributed by atoms with Crippen LogP contribution in [0.25, 0.3) is 22.4 Å². The lowest BCUT2D eigenvalue weighted by Gasteiger charge is -2.09. The van der Waals surface area contributed by atoms with Crippen molar-refractivity contribution in [1.82, 2.24) is 9.97 Å². The van der Waals surface area contributed by atoms with Gasteiger partial charge in [0.2, 0.25) is 0 Å². The van der Waals surface area contributed by atoms with Crippen molar-refractivity contribution in [3.63, 3.8) is 0 Å². The van der Waals surface area contributed by atoms with Gasteiger partial charge in [-0.25, -0.2) is 9.97 Å². The number of benzene rings is 2. The first-order valence-electron chi connectivity index (χ1n) is 6.48. The van der Waals surface area contributed by atoms with Crippen molar-refractivity contribution < 1.29 is 4.74 Å². The monoisotopic (exact) mass is 296 g/mol. The van der Waals surface area contributed by atoms with Crippen molar-refractivity contribution in [3.8, 4) is 28.1 Å². The van der Waals surface area contributed by atoms with Gasteiger partial charge < -0.3 is 4.74 Å². The summed E-state index contributed by atoms with van der Waals surface area (Å²) in [4.78, 5) is 8.55. The van der Waals surface area contributed by atoms with Crippen molar-refractivity contribution in [3.05, 3.63) is 66.1 Å². The first kappa shape index (κ1) is 13.6. The van der Waals surface area contributed by atoms with E-state index in [1.807, 2.05) is 54.7 Å². The molecule has 21 heavy (non-hydrogen) atoms. The highest BCUT2D eigenvalue weighted by atomic mass is 35.5.